The minimum absolute atomic E-state index is 0.00838. The molecule has 1 N–H and O–H groups in total. The van der Waals surface area contributed by atoms with Crippen LogP contribution >= 0.6 is 0 Å². The molecule has 20 heavy (non-hydrogen) atoms. The second-order valence-corrected chi connectivity index (χ2v) is 6.29. The van der Waals surface area contributed by atoms with Gasteiger partial charge in [-0.2, -0.15) is 0 Å². The molecule has 1 heterocycles. The van der Waals surface area contributed by atoms with Crippen molar-refractivity contribution < 1.29 is 4.79 Å². The molecule has 1 saturated heterocycles. The van der Waals surface area contributed by atoms with E-state index in [1.54, 1.807) is 0 Å². The number of carbonyl (C=O) groups excluding carboxylic acids is 1. The number of hydrogen-bond donors (Lipinski definition) is 1. The standard InChI is InChI=1S/C16H31N3O/c1-4-18(5-2)11-8-12-19-15(14-9-6-7-10-14)17-13(3)16(19)20/h13-15,17H,4-12H2,1-3H3. The summed E-state index contributed by atoms with van der Waals surface area (Å²) in [7, 11) is 0. The van der Waals surface area contributed by atoms with E-state index in [0.29, 0.717) is 18.0 Å². The van der Waals surface area contributed by atoms with E-state index < -0.39 is 0 Å². The van der Waals surface area contributed by atoms with Gasteiger partial charge < -0.3 is 9.80 Å². The van der Waals surface area contributed by atoms with Crippen molar-refractivity contribution in [1.82, 2.24) is 15.1 Å². The minimum Gasteiger partial charge on any atom is -0.325 e. The quantitative estimate of drug-likeness (QED) is 0.776. The molecule has 0 aromatic rings. The van der Waals surface area contributed by atoms with Crippen LogP contribution in [0.1, 0.15) is 52.9 Å². The first-order chi connectivity index (χ1) is 9.67. The average Bonchev–Trinajstić information content (AvgIpc) is 3.06. The molecule has 0 aromatic heterocycles. The normalized spacial score (nSPS) is 28.0. The zero-order valence-corrected chi connectivity index (χ0v) is 13.4. The van der Waals surface area contributed by atoms with Crippen molar-refractivity contribution in [1.29, 1.82) is 0 Å². The molecule has 4 nitrogen and oxygen atoms in total. The molecule has 1 amide bonds. The molecule has 0 bridgehead atoms. The molecular weight excluding hydrogens is 250 g/mol. The van der Waals surface area contributed by atoms with Crippen molar-refractivity contribution in [2.75, 3.05) is 26.2 Å². The monoisotopic (exact) mass is 281 g/mol. The summed E-state index contributed by atoms with van der Waals surface area (Å²) in [6, 6.07) is 0.00838. The third-order valence-electron chi connectivity index (χ3n) is 5.02. The van der Waals surface area contributed by atoms with Crippen molar-refractivity contribution in [3.8, 4) is 0 Å². The van der Waals surface area contributed by atoms with Gasteiger partial charge in [0.25, 0.3) is 0 Å². The van der Waals surface area contributed by atoms with Crippen LogP contribution in [0.15, 0.2) is 0 Å². The van der Waals surface area contributed by atoms with Crippen LogP contribution in [0, 0.1) is 5.92 Å². The van der Waals surface area contributed by atoms with Crippen molar-refractivity contribution >= 4 is 5.91 Å². The zero-order valence-electron chi connectivity index (χ0n) is 13.4. The molecule has 0 spiro atoms. The minimum atomic E-state index is 0.00838. The molecule has 2 aliphatic rings. The van der Waals surface area contributed by atoms with E-state index >= 15 is 0 Å². The highest BCUT2D eigenvalue weighted by Gasteiger charge is 2.40. The fourth-order valence-corrected chi connectivity index (χ4v) is 3.72. The van der Waals surface area contributed by atoms with Crippen LogP contribution in [0.3, 0.4) is 0 Å². The van der Waals surface area contributed by atoms with E-state index in [9.17, 15) is 4.79 Å². The van der Waals surface area contributed by atoms with Crippen molar-refractivity contribution in [2.45, 2.75) is 65.1 Å². The predicted octanol–water partition coefficient (Wildman–Crippen LogP) is 2.05. The van der Waals surface area contributed by atoms with Crippen LogP contribution in [0.5, 0.6) is 0 Å². The lowest BCUT2D eigenvalue weighted by atomic mass is 10.0. The van der Waals surface area contributed by atoms with Gasteiger partial charge in [0.15, 0.2) is 0 Å². The van der Waals surface area contributed by atoms with E-state index in [1.165, 1.54) is 25.7 Å². The maximum Gasteiger partial charge on any atom is 0.240 e. The number of nitrogens with zero attached hydrogens (tertiary/aromatic N) is 2. The summed E-state index contributed by atoms with van der Waals surface area (Å²) in [5, 5.41) is 3.52. The van der Waals surface area contributed by atoms with Gasteiger partial charge in [-0.1, -0.05) is 26.7 Å². The molecule has 2 fully saturated rings. The Morgan fingerprint density at radius 3 is 2.50 bits per heavy atom. The molecule has 2 rings (SSSR count). The first kappa shape index (κ1) is 15.8. The highest BCUT2D eigenvalue weighted by atomic mass is 16.2. The summed E-state index contributed by atoms with van der Waals surface area (Å²) in [4.78, 5) is 16.9. The average molecular weight is 281 g/mol. The van der Waals surface area contributed by atoms with E-state index in [2.05, 4.69) is 29.0 Å². The van der Waals surface area contributed by atoms with Crippen LogP contribution in [0.4, 0.5) is 0 Å². The largest absolute Gasteiger partial charge is 0.325 e. The predicted molar refractivity (Wildman–Crippen MR) is 82.5 cm³/mol. The third-order valence-corrected chi connectivity index (χ3v) is 5.02. The Bertz CT molecular complexity index is 311. The molecule has 4 heteroatoms. The van der Waals surface area contributed by atoms with E-state index in [4.69, 9.17) is 0 Å². The van der Waals surface area contributed by atoms with Crippen LogP contribution in [0.2, 0.25) is 0 Å². The van der Waals surface area contributed by atoms with Crippen LogP contribution in [-0.4, -0.2) is 54.1 Å². The van der Waals surface area contributed by atoms with Crippen molar-refractivity contribution in [2.24, 2.45) is 5.92 Å². The summed E-state index contributed by atoms with van der Waals surface area (Å²) in [6.45, 7) is 10.6. The highest BCUT2D eigenvalue weighted by molar-refractivity contribution is 5.83. The summed E-state index contributed by atoms with van der Waals surface area (Å²) >= 11 is 0. The first-order valence-corrected chi connectivity index (χ1v) is 8.46. The number of carbonyl (C=O) groups is 1. The Morgan fingerprint density at radius 2 is 1.90 bits per heavy atom. The maximum atomic E-state index is 12.3. The Hall–Kier alpha value is -0.610. The number of hydrogen-bond acceptors (Lipinski definition) is 3. The Kier molecular flexibility index (Phi) is 5.85. The van der Waals surface area contributed by atoms with E-state index in [-0.39, 0.29) is 6.04 Å². The number of nitrogens with one attached hydrogen (secondary N) is 1. The summed E-state index contributed by atoms with van der Waals surface area (Å²) in [5.41, 5.74) is 0. The molecule has 1 saturated carbocycles. The van der Waals surface area contributed by atoms with Crippen molar-refractivity contribution in [3.63, 3.8) is 0 Å². The van der Waals surface area contributed by atoms with Gasteiger partial charge in [-0.15, -0.1) is 0 Å². The lowest BCUT2D eigenvalue weighted by Crippen LogP contribution is -2.43. The number of amides is 1. The van der Waals surface area contributed by atoms with E-state index in [1.807, 2.05) is 6.92 Å². The Balaban J connectivity index is 1.87. The summed E-state index contributed by atoms with van der Waals surface area (Å²) in [5.74, 6) is 0.985. The zero-order chi connectivity index (χ0) is 14.5. The molecule has 1 aliphatic carbocycles. The van der Waals surface area contributed by atoms with Gasteiger partial charge in [0.1, 0.15) is 0 Å². The summed E-state index contributed by atoms with van der Waals surface area (Å²) < 4.78 is 0. The Morgan fingerprint density at radius 1 is 1.25 bits per heavy atom. The van der Waals surface area contributed by atoms with Gasteiger partial charge in [0, 0.05) is 6.54 Å². The van der Waals surface area contributed by atoms with E-state index in [0.717, 1.165) is 32.6 Å². The lowest BCUT2D eigenvalue weighted by Gasteiger charge is -2.29. The third kappa shape index (κ3) is 3.53. The molecule has 116 valence electrons. The van der Waals surface area contributed by atoms with Crippen LogP contribution in [0.25, 0.3) is 0 Å². The second-order valence-electron chi connectivity index (χ2n) is 6.29. The first-order valence-electron chi connectivity index (χ1n) is 8.46. The molecule has 2 unspecified atom stereocenters. The topological polar surface area (TPSA) is 35.6 Å². The molecular formula is C16H31N3O. The molecule has 1 aliphatic heterocycles. The molecule has 2 atom stereocenters. The SMILES string of the molecule is CCN(CC)CCCN1C(=O)C(C)NC1C1CCCC1. The number of rotatable bonds is 7. The van der Waals surface area contributed by atoms with Gasteiger partial charge in [-0.3, -0.25) is 10.1 Å². The van der Waals surface area contributed by atoms with Gasteiger partial charge in [-0.25, -0.2) is 0 Å². The highest BCUT2D eigenvalue weighted by Crippen LogP contribution is 2.31. The van der Waals surface area contributed by atoms with Gasteiger partial charge in [0.05, 0.1) is 12.2 Å². The van der Waals surface area contributed by atoms with Crippen LogP contribution in [-0.2, 0) is 4.79 Å². The molecule has 0 aromatic carbocycles. The maximum absolute atomic E-state index is 12.3. The Labute approximate surface area is 123 Å². The van der Waals surface area contributed by atoms with Gasteiger partial charge >= 0.3 is 0 Å². The molecule has 0 radical (unpaired) electrons. The van der Waals surface area contributed by atoms with Gasteiger partial charge in [0.2, 0.25) is 5.91 Å². The lowest BCUT2D eigenvalue weighted by molar-refractivity contribution is -0.130. The fourth-order valence-electron chi connectivity index (χ4n) is 3.72. The van der Waals surface area contributed by atoms with Gasteiger partial charge in [-0.05, 0) is 51.7 Å². The van der Waals surface area contributed by atoms with Crippen molar-refractivity contribution in [3.05, 3.63) is 0 Å². The second kappa shape index (κ2) is 7.41. The fraction of sp³-hybridized carbons (Fsp3) is 0.938. The smallest absolute Gasteiger partial charge is 0.240 e. The van der Waals surface area contributed by atoms with Crippen LogP contribution < -0.4 is 5.32 Å². The summed E-state index contributed by atoms with van der Waals surface area (Å²) in [6.07, 6.45) is 6.62.